The van der Waals surface area contributed by atoms with E-state index in [1.807, 2.05) is 6.07 Å². The number of carbonyl (C=O) groups excluding carboxylic acids is 1. The van der Waals surface area contributed by atoms with Crippen LogP contribution in [0.5, 0.6) is 0 Å². The van der Waals surface area contributed by atoms with Crippen molar-refractivity contribution in [2.24, 2.45) is 0 Å². The minimum absolute atomic E-state index is 0.00946. The summed E-state index contributed by atoms with van der Waals surface area (Å²) in [6.45, 7) is 0.961. The van der Waals surface area contributed by atoms with Crippen LogP contribution in [-0.2, 0) is 17.6 Å². The van der Waals surface area contributed by atoms with Gasteiger partial charge in [-0.1, -0.05) is 12.5 Å². The molecule has 1 fully saturated rings. The molecule has 3 nitrogen and oxygen atoms in total. The molecule has 2 aliphatic rings. The number of fused-ring (bicyclic) bond motifs is 1. The average Bonchev–Trinajstić information content (AvgIpc) is 2.48. The molecule has 3 heteroatoms. The molecular formula is C16H22N2O. The molecule has 0 radical (unpaired) electrons. The molecule has 0 aromatic heterocycles. The van der Waals surface area contributed by atoms with E-state index in [1.165, 1.54) is 36.8 Å². The SMILES string of the molecule is O=C(Nc1ccc2c(c1)CCCC2)C1CCCCN1. The number of rotatable bonds is 2. The predicted octanol–water partition coefficient (Wildman–Crippen LogP) is 2.65. The fraction of sp³-hybridized carbons (Fsp3) is 0.562. The first-order valence-electron chi connectivity index (χ1n) is 7.49. The summed E-state index contributed by atoms with van der Waals surface area (Å²) in [6.07, 6.45) is 8.20. The van der Waals surface area contributed by atoms with E-state index in [2.05, 4.69) is 22.8 Å². The summed E-state index contributed by atoms with van der Waals surface area (Å²) in [5.41, 5.74) is 3.83. The van der Waals surface area contributed by atoms with Gasteiger partial charge in [-0.3, -0.25) is 4.79 Å². The van der Waals surface area contributed by atoms with Crippen LogP contribution in [-0.4, -0.2) is 18.5 Å². The van der Waals surface area contributed by atoms with Crippen LogP contribution in [0.1, 0.15) is 43.2 Å². The van der Waals surface area contributed by atoms with Crippen molar-refractivity contribution in [3.05, 3.63) is 29.3 Å². The Bertz CT molecular complexity index is 464. The maximum atomic E-state index is 12.2. The minimum atomic E-state index is -0.00946. The summed E-state index contributed by atoms with van der Waals surface area (Å²) in [4.78, 5) is 12.2. The molecule has 1 atom stereocenters. The van der Waals surface area contributed by atoms with Crippen LogP contribution in [0.2, 0.25) is 0 Å². The van der Waals surface area contributed by atoms with Crippen molar-refractivity contribution >= 4 is 11.6 Å². The third-order valence-electron chi connectivity index (χ3n) is 4.24. The lowest BCUT2D eigenvalue weighted by atomic mass is 9.91. The lowest BCUT2D eigenvalue weighted by Crippen LogP contribution is -2.43. The summed E-state index contributed by atoms with van der Waals surface area (Å²) in [7, 11) is 0. The summed E-state index contributed by atoms with van der Waals surface area (Å²) in [6, 6.07) is 6.38. The van der Waals surface area contributed by atoms with Crippen LogP contribution in [0.4, 0.5) is 5.69 Å². The van der Waals surface area contributed by atoms with Crippen LogP contribution in [0.3, 0.4) is 0 Å². The van der Waals surface area contributed by atoms with E-state index in [4.69, 9.17) is 0 Å². The third-order valence-corrected chi connectivity index (χ3v) is 4.24. The van der Waals surface area contributed by atoms with Crippen LogP contribution in [0, 0.1) is 0 Å². The Morgan fingerprint density at radius 3 is 2.74 bits per heavy atom. The summed E-state index contributed by atoms with van der Waals surface area (Å²) in [5, 5.41) is 6.35. The molecule has 1 amide bonds. The molecule has 0 spiro atoms. The van der Waals surface area contributed by atoms with Crippen molar-refractivity contribution in [3.63, 3.8) is 0 Å². The normalized spacial score (nSPS) is 22.6. The number of carbonyl (C=O) groups is 1. The number of hydrogen-bond donors (Lipinski definition) is 2. The van der Waals surface area contributed by atoms with Gasteiger partial charge in [0.25, 0.3) is 0 Å². The molecular weight excluding hydrogens is 236 g/mol. The number of nitrogens with one attached hydrogen (secondary N) is 2. The maximum Gasteiger partial charge on any atom is 0.241 e. The van der Waals surface area contributed by atoms with Gasteiger partial charge in [0, 0.05) is 5.69 Å². The zero-order chi connectivity index (χ0) is 13.1. The van der Waals surface area contributed by atoms with Crippen molar-refractivity contribution in [2.75, 3.05) is 11.9 Å². The number of benzene rings is 1. The smallest absolute Gasteiger partial charge is 0.241 e. The highest BCUT2D eigenvalue weighted by Gasteiger charge is 2.20. The molecule has 19 heavy (non-hydrogen) atoms. The molecule has 1 aromatic rings. The number of hydrogen-bond acceptors (Lipinski definition) is 2. The van der Waals surface area contributed by atoms with Gasteiger partial charge in [-0.15, -0.1) is 0 Å². The van der Waals surface area contributed by atoms with Gasteiger partial charge in [0.15, 0.2) is 0 Å². The van der Waals surface area contributed by atoms with Crippen molar-refractivity contribution in [3.8, 4) is 0 Å². The zero-order valence-electron chi connectivity index (χ0n) is 11.4. The van der Waals surface area contributed by atoms with Gasteiger partial charge in [-0.25, -0.2) is 0 Å². The predicted molar refractivity (Wildman–Crippen MR) is 77.4 cm³/mol. The van der Waals surface area contributed by atoms with Gasteiger partial charge in [0.1, 0.15) is 0 Å². The molecule has 1 aliphatic heterocycles. The van der Waals surface area contributed by atoms with Crippen molar-refractivity contribution in [2.45, 2.75) is 51.0 Å². The molecule has 1 unspecified atom stereocenters. The molecule has 1 aliphatic carbocycles. The number of amides is 1. The lowest BCUT2D eigenvalue weighted by Gasteiger charge is -2.23. The third kappa shape index (κ3) is 2.98. The Morgan fingerprint density at radius 1 is 1.11 bits per heavy atom. The van der Waals surface area contributed by atoms with Crippen LogP contribution in [0.15, 0.2) is 18.2 Å². The number of anilines is 1. The zero-order valence-corrected chi connectivity index (χ0v) is 11.4. The molecule has 2 N–H and O–H groups in total. The number of piperidine rings is 1. The van der Waals surface area contributed by atoms with Gasteiger partial charge in [0.05, 0.1) is 6.04 Å². The largest absolute Gasteiger partial charge is 0.325 e. The van der Waals surface area contributed by atoms with Gasteiger partial charge in [0.2, 0.25) is 5.91 Å². The molecule has 1 heterocycles. The molecule has 0 bridgehead atoms. The topological polar surface area (TPSA) is 41.1 Å². The van der Waals surface area contributed by atoms with E-state index >= 15 is 0 Å². The highest BCUT2D eigenvalue weighted by molar-refractivity contribution is 5.95. The minimum Gasteiger partial charge on any atom is -0.325 e. The van der Waals surface area contributed by atoms with E-state index < -0.39 is 0 Å². The van der Waals surface area contributed by atoms with Crippen molar-refractivity contribution in [1.82, 2.24) is 5.32 Å². The standard InChI is InChI=1S/C16H22N2O/c19-16(15-7-3-4-10-17-15)18-14-9-8-12-5-1-2-6-13(12)11-14/h8-9,11,15,17H,1-7,10H2,(H,18,19). The molecule has 1 aromatic carbocycles. The maximum absolute atomic E-state index is 12.2. The van der Waals surface area contributed by atoms with Gasteiger partial charge in [-0.2, -0.15) is 0 Å². The van der Waals surface area contributed by atoms with E-state index in [-0.39, 0.29) is 11.9 Å². The average molecular weight is 258 g/mol. The molecule has 3 rings (SSSR count). The summed E-state index contributed by atoms with van der Waals surface area (Å²) in [5.74, 6) is 0.121. The molecule has 1 saturated heterocycles. The summed E-state index contributed by atoms with van der Waals surface area (Å²) >= 11 is 0. The van der Waals surface area contributed by atoms with Crippen LogP contribution < -0.4 is 10.6 Å². The molecule has 0 saturated carbocycles. The molecule has 102 valence electrons. The quantitative estimate of drug-likeness (QED) is 0.856. The monoisotopic (exact) mass is 258 g/mol. The first-order chi connectivity index (χ1) is 9.33. The second-order valence-corrected chi connectivity index (χ2v) is 5.68. The van der Waals surface area contributed by atoms with E-state index in [0.29, 0.717) is 0 Å². The van der Waals surface area contributed by atoms with Crippen molar-refractivity contribution < 1.29 is 4.79 Å². The Hall–Kier alpha value is -1.35. The Balaban J connectivity index is 1.67. The second kappa shape index (κ2) is 5.74. The fourth-order valence-electron chi connectivity index (χ4n) is 3.12. The number of aryl methyl sites for hydroxylation is 2. The Morgan fingerprint density at radius 2 is 1.95 bits per heavy atom. The highest BCUT2D eigenvalue weighted by atomic mass is 16.2. The summed E-state index contributed by atoms with van der Waals surface area (Å²) < 4.78 is 0. The van der Waals surface area contributed by atoms with Gasteiger partial charge < -0.3 is 10.6 Å². The van der Waals surface area contributed by atoms with E-state index in [9.17, 15) is 4.79 Å². The van der Waals surface area contributed by atoms with Gasteiger partial charge >= 0.3 is 0 Å². The van der Waals surface area contributed by atoms with E-state index in [1.54, 1.807) is 0 Å². The fourth-order valence-corrected chi connectivity index (χ4v) is 3.12. The van der Waals surface area contributed by atoms with Crippen LogP contribution >= 0.6 is 0 Å². The lowest BCUT2D eigenvalue weighted by molar-refractivity contribution is -0.118. The van der Waals surface area contributed by atoms with E-state index in [0.717, 1.165) is 31.5 Å². The van der Waals surface area contributed by atoms with Crippen LogP contribution in [0.25, 0.3) is 0 Å². The second-order valence-electron chi connectivity index (χ2n) is 5.68. The highest BCUT2D eigenvalue weighted by Crippen LogP contribution is 2.24. The Kier molecular flexibility index (Phi) is 3.83. The first-order valence-corrected chi connectivity index (χ1v) is 7.49. The van der Waals surface area contributed by atoms with Gasteiger partial charge in [-0.05, 0) is 68.3 Å². The van der Waals surface area contributed by atoms with Crippen molar-refractivity contribution in [1.29, 1.82) is 0 Å². The Labute approximate surface area is 114 Å². The first kappa shape index (κ1) is 12.7.